The summed E-state index contributed by atoms with van der Waals surface area (Å²) in [6, 6.07) is 0. The van der Waals surface area contributed by atoms with Crippen molar-refractivity contribution in [1.29, 1.82) is 0 Å². The minimum Gasteiger partial charge on any atom is -0.322 e. The van der Waals surface area contributed by atoms with Crippen molar-refractivity contribution in [2.45, 2.75) is 6.92 Å². The van der Waals surface area contributed by atoms with Crippen molar-refractivity contribution in [2.24, 2.45) is 0 Å². The van der Waals surface area contributed by atoms with Gasteiger partial charge in [-0.25, -0.2) is 9.50 Å². The van der Waals surface area contributed by atoms with E-state index in [0.717, 1.165) is 11.2 Å². The Morgan fingerprint density at radius 2 is 2.40 bits per heavy atom. The van der Waals surface area contributed by atoms with E-state index in [2.05, 4.69) is 15.4 Å². The summed E-state index contributed by atoms with van der Waals surface area (Å²) < 4.78 is 1.61. The molecule has 0 aliphatic carbocycles. The highest BCUT2D eigenvalue weighted by atomic mass is 35.5. The second-order valence-electron chi connectivity index (χ2n) is 3.12. The minimum atomic E-state index is -0.262. The highest BCUT2D eigenvalue weighted by Gasteiger charge is 2.04. The van der Waals surface area contributed by atoms with Crippen LogP contribution in [-0.4, -0.2) is 26.4 Å². The highest BCUT2D eigenvalue weighted by molar-refractivity contribution is 6.29. The van der Waals surface area contributed by atoms with E-state index < -0.39 is 0 Å². The molecule has 0 aliphatic heterocycles. The van der Waals surface area contributed by atoms with Gasteiger partial charge in [0.15, 0.2) is 5.65 Å². The van der Waals surface area contributed by atoms with Gasteiger partial charge in [0, 0.05) is 5.56 Å². The van der Waals surface area contributed by atoms with Crippen LogP contribution in [0.2, 0.25) is 0 Å². The van der Waals surface area contributed by atoms with Crippen molar-refractivity contribution in [3.63, 3.8) is 0 Å². The number of anilines is 1. The van der Waals surface area contributed by atoms with Gasteiger partial charge in [-0.2, -0.15) is 5.10 Å². The predicted molar refractivity (Wildman–Crippen MR) is 57.1 cm³/mol. The van der Waals surface area contributed by atoms with Crippen LogP contribution in [0.15, 0.2) is 18.6 Å². The monoisotopic (exact) mass is 224 g/mol. The van der Waals surface area contributed by atoms with E-state index >= 15 is 0 Å². The van der Waals surface area contributed by atoms with E-state index in [4.69, 9.17) is 11.6 Å². The molecule has 0 aliphatic rings. The van der Waals surface area contributed by atoms with Crippen LogP contribution in [0.4, 0.5) is 5.69 Å². The van der Waals surface area contributed by atoms with Crippen molar-refractivity contribution in [2.75, 3.05) is 11.2 Å². The number of rotatable bonds is 2. The SMILES string of the molecule is Cc1cnn2cc(NC(=O)CCl)cnc12. The third-order valence-corrected chi connectivity index (χ3v) is 2.18. The fourth-order valence-corrected chi connectivity index (χ4v) is 1.32. The lowest BCUT2D eigenvalue weighted by atomic mass is 10.4. The average molecular weight is 225 g/mol. The van der Waals surface area contributed by atoms with Gasteiger partial charge in [-0.3, -0.25) is 4.79 Å². The van der Waals surface area contributed by atoms with Gasteiger partial charge in [-0.05, 0) is 6.92 Å². The number of amides is 1. The molecule has 0 radical (unpaired) electrons. The summed E-state index contributed by atoms with van der Waals surface area (Å²) in [7, 11) is 0. The minimum absolute atomic E-state index is 0.0732. The summed E-state index contributed by atoms with van der Waals surface area (Å²) in [6.45, 7) is 1.92. The zero-order valence-electron chi connectivity index (χ0n) is 8.07. The number of alkyl halides is 1. The van der Waals surface area contributed by atoms with Gasteiger partial charge in [0.2, 0.25) is 5.91 Å². The number of fused-ring (bicyclic) bond motifs is 1. The van der Waals surface area contributed by atoms with E-state index in [9.17, 15) is 4.79 Å². The number of halogens is 1. The van der Waals surface area contributed by atoms with E-state index in [1.807, 2.05) is 6.92 Å². The molecule has 2 heterocycles. The number of hydrogen-bond donors (Lipinski definition) is 1. The van der Waals surface area contributed by atoms with Crippen molar-refractivity contribution in [3.8, 4) is 0 Å². The zero-order valence-corrected chi connectivity index (χ0v) is 8.82. The van der Waals surface area contributed by atoms with E-state index in [1.54, 1.807) is 23.1 Å². The lowest BCUT2D eigenvalue weighted by Crippen LogP contribution is -2.13. The molecular formula is C9H9ClN4O. The van der Waals surface area contributed by atoms with Crippen LogP contribution in [0.3, 0.4) is 0 Å². The summed E-state index contributed by atoms with van der Waals surface area (Å²) in [4.78, 5) is 15.2. The zero-order chi connectivity index (χ0) is 10.8. The van der Waals surface area contributed by atoms with Crippen molar-refractivity contribution in [3.05, 3.63) is 24.2 Å². The van der Waals surface area contributed by atoms with Crippen molar-refractivity contribution in [1.82, 2.24) is 14.6 Å². The molecule has 0 saturated heterocycles. The molecule has 6 heteroatoms. The maximum Gasteiger partial charge on any atom is 0.239 e. The molecule has 5 nitrogen and oxygen atoms in total. The molecule has 0 unspecified atom stereocenters. The standard InChI is InChI=1S/C9H9ClN4O/c1-6-3-12-14-5-7(4-11-9(6)14)13-8(15)2-10/h3-5H,2H2,1H3,(H,13,15). The first-order valence-corrected chi connectivity index (χ1v) is 4.90. The van der Waals surface area contributed by atoms with E-state index in [1.165, 1.54) is 0 Å². The Bertz CT molecular complexity index is 508. The molecule has 0 atom stereocenters. The number of carbonyl (C=O) groups is 1. The second kappa shape index (κ2) is 3.86. The Hall–Kier alpha value is -1.62. The lowest BCUT2D eigenvalue weighted by molar-refractivity contribution is -0.113. The van der Waals surface area contributed by atoms with Crippen LogP contribution < -0.4 is 5.32 Å². The number of hydrogen-bond acceptors (Lipinski definition) is 3. The summed E-state index contributed by atoms with van der Waals surface area (Å²) in [5, 5.41) is 6.68. The van der Waals surface area contributed by atoms with E-state index in [-0.39, 0.29) is 11.8 Å². The van der Waals surface area contributed by atoms with Crippen LogP contribution in [0, 0.1) is 6.92 Å². The molecule has 0 spiro atoms. The van der Waals surface area contributed by atoms with Gasteiger partial charge < -0.3 is 5.32 Å². The molecule has 2 rings (SSSR count). The van der Waals surface area contributed by atoms with E-state index in [0.29, 0.717) is 5.69 Å². The number of nitrogens with zero attached hydrogens (tertiary/aromatic N) is 3. The molecule has 78 valence electrons. The first kappa shape index (κ1) is 9.92. The van der Waals surface area contributed by atoms with Crippen LogP contribution in [-0.2, 0) is 4.79 Å². The fourth-order valence-electron chi connectivity index (χ4n) is 1.25. The summed E-state index contributed by atoms with van der Waals surface area (Å²) in [6.07, 6.45) is 4.99. The highest BCUT2D eigenvalue weighted by Crippen LogP contribution is 2.10. The second-order valence-corrected chi connectivity index (χ2v) is 3.39. The summed E-state index contributed by atoms with van der Waals surface area (Å²) in [5.74, 6) is -0.336. The Balaban J connectivity index is 2.35. The maximum absolute atomic E-state index is 11.0. The maximum atomic E-state index is 11.0. The summed E-state index contributed by atoms with van der Waals surface area (Å²) >= 11 is 5.37. The van der Waals surface area contributed by atoms with Crippen LogP contribution >= 0.6 is 11.6 Å². The Labute approximate surface area is 91.1 Å². The van der Waals surface area contributed by atoms with Gasteiger partial charge in [0.1, 0.15) is 5.88 Å². The number of carbonyl (C=O) groups excluding carboxylic acids is 1. The molecule has 1 amide bonds. The quantitative estimate of drug-likeness (QED) is 0.781. The molecule has 15 heavy (non-hydrogen) atoms. The molecule has 2 aromatic rings. The topological polar surface area (TPSA) is 59.3 Å². The van der Waals surface area contributed by atoms with Crippen molar-refractivity contribution < 1.29 is 4.79 Å². The number of aromatic nitrogens is 3. The van der Waals surface area contributed by atoms with Crippen LogP contribution in [0.5, 0.6) is 0 Å². The Morgan fingerprint density at radius 3 is 3.13 bits per heavy atom. The summed E-state index contributed by atoms with van der Waals surface area (Å²) in [5.41, 5.74) is 2.35. The normalized spacial score (nSPS) is 10.5. The first-order chi connectivity index (χ1) is 7.20. The molecule has 0 fully saturated rings. The van der Waals surface area contributed by atoms with Crippen LogP contribution in [0.1, 0.15) is 5.56 Å². The molecule has 0 aromatic carbocycles. The number of nitrogens with one attached hydrogen (secondary N) is 1. The first-order valence-electron chi connectivity index (χ1n) is 4.36. The third kappa shape index (κ3) is 1.92. The van der Waals surface area contributed by atoms with Gasteiger partial charge in [0.25, 0.3) is 0 Å². The van der Waals surface area contributed by atoms with Gasteiger partial charge in [-0.15, -0.1) is 11.6 Å². The smallest absolute Gasteiger partial charge is 0.239 e. The average Bonchev–Trinajstić information content (AvgIpc) is 2.60. The molecule has 1 N–H and O–H groups in total. The molecule has 0 bridgehead atoms. The Morgan fingerprint density at radius 1 is 1.60 bits per heavy atom. The molecular weight excluding hydrogens is 216 g/mol. The largest absolute Gasteiger partial charge is 0.322 e. The van der Waals surface area contributed by atoms with Crippen molar-refractivity contribution >= 4 is 28.8 Å². The van der Waals surface area contributed by atoms with Crippen LogP contribution in [0.25, 0.3) is 5.65 Å². The Kier molecular flexibility index (Phi) is 2.55. The lowest BCUT2D eigenvalue weighted by Gasteiger charge is -2.02. The molecule has 0 saturated carbocycles. The predicted octanol–water partition coefficient (Wildman–Crippen LogP) is 1.22. The third-order valence-electron chi connectivity index (χ3n) is 1.94. The van der Waals surface area contributed by atoms with Gasteiger partial charge in [-0.1, -0.05) is 0 Å². The number of aryl methyl sites for hydroxylation is 1. The van der Waals surface area contributed by atoms with Gasteiger partial charge >= 0.3 is 0 Å². The van der Waals surface area contributed by atoms with Gasteiger partial charge in [0.05, 0.1) is 24.3 Å². The molecule has 2 aromatic heterocycles. The fraction of sp³-hybridized carbons (Fsp3) is 0.222.